The predicted octanol–water partition coefficient (Wildman–Crippen LogP) is 2.04. The lowest BCUT2D eigenvalue weighted by Gasteiger charge is -2.24. The lowest BCUT2D eigenvalue weighted by atomic mass is 9.99. The molecule has 1 saturated carbocycles. The Balaban J connectivity index is 2.15. The molecule has 0 spiro atoms. The number of nitrogens with two attached hydrogens (primary N) is 1. The molecule has 2 N–H and O–H groups in total. The van der Waals surface area contributed by atoms with Gasteiger partial charge in [0, 0.05) is 18.4 Å². The third-order valence-electron chi connectivity index (χ3n) is 2.96. The highest BCUT2D eigenvalue weighted by molar-refractivity contribution is 5.19. The van der Waals surface area contributed by atoms with Gasteiger partial charge >= 0.3 is 0 Å². The topological polar surface area (TPSA) is 48.1 Å². The van der Waals surface area contributed by atoms with E-state index < -0.39 is 6.04 Å². The second kappa shape index (κ2) is 4.89. The van der Waals surface area contributed by atoms with Crippen molar-refractivity contribution in [2.75, 3.05) is 6.61 Å². The van der Waals surface area contributed by atoms with Crippen molar-refractivity contribution in [1.82, 2.24) is 4.98 Å². The maximum atomic E-state index is 13.5. The summed E-state index contributed by atoms with van der Waals surface area (Å²) >= 11 is 0. The first kappa shape index (κ1) is 11.5. The molecule has 2 atom stereocenters. The Bertz CT molecular complexity index is 355. The van der Waals surface area contributed by atoms with E-state index in [0.29, 0.717) is 18.1 Å². The Morgan fingerprint density at radius 1 is 1.62 bits per heavy atom. The molecule has 2 rings (SSSR count). The average Bonchev–Trinajstić information content (AvgIpc) is 3.09. The second-order valence-electron chi connectivity index (χ2n) is 4.18. The summed E-state index contributed by atoms with van der Waals surface area (Å²) in [7, 11) is 0. The molecule has 0 bridgehead atoms. The van der Waals surface area contributed by atoms with Crippen LogP contribution in [-0.2, 0) is 4.74 Å². The Morgan fingerprint density at radius 2 is 2.38 bits per heavy atom. The molecule has 1 aromatic heterocycles. The van der Waals surface area contributed by atoms with Gasteiger partial charge in [-0.1, -0.05) is 0 Å². The summed E-state index contributed by atoms with van der Waals surface area (Å²) in [5.74, 6) is 0.142. The molecule has 16 heavy (non-hydrogen) atoms. The SMILES string of the molecule is CCOC(C1CC1)C(N)c1ccncc1F. The molecule has 0 aliphatic heterocycles. The van der Waals surface area contributed by atoms with Gasteiger partial charge in [-0.15, -0.1) is 0 Å². The Kier molecular flexibility index (Phi) is 3.51. The van der Waals surface area contributed by atoms with E-state index in [4.69, 9.17) is 10.5 Å². The quantitative estimate of drug-likeness (QED) is 0.832. The highest BCUT2D eigenvalue weighted by Crippen LogP contribution is 2.39. The van der Waals surface area contributed by atoms with Gasteiger partial charge in [0.05, 0.1) is 18.3 Å². The van der Waals surface area contributed by atoms with Crippen molar-refractivity contribution in [3.63, 3.8) is 0 Å². The molecule has 0 aromatic carbocycles. The second-order valence-corrected chi connectivity index (χ2v) is 4.18. The molecule has 0 amide bonds. The van der Waals surface area contributed by atoms with Gasteiger partial charge in [-0.05, 0) is 31.7 Å². The van der Waals surface area contributed by atoms with Crippen molar-refractivity contribution in [3.05, 3.63) is 29.8 Å². The number of rotatable bonds is 5. The zero-order valence-electron chi connectivity index (χ0n) is 9.40. The van der Waals surface area contributed by atoms with Crippen molar-refractivity contribution in [2.24, 2.45) is 11.7 Å². The van der Waals surface area contributed by atoms with Gasteiger partial charge in [0.1, 0.15) is 5.82 Å². The molecule has 1 aliphatic rings. The highest BCUT2D eigenvalue weighted by Gasteiger charge is 2.37. The Labute approximate surface area is 94.8 Å². The molecule has 4 heteroatoms. The summed E-state index contributed by atoms with van der Waals surface area (Å²) in [5.41, 5.74) is 6.57. The number of halogens is 1. The van der Waals surface area contributed by atoms with Crippen LogP contribution < -0.4 is 5.73 Å². The van der Waals surface area contributed by atoms with Crippen LogP contribution in [0.2, 0.25) is 0 Å². The van der Waals surface area contributed by atoms with Gasteiger partial charge in [-0.25, -0.2) is 4.39 Å². The highest BCUT2D eigenvalue weighted by atomic mass is 19.1. The summed E-state index contributed by atoms with van der Waals surface area (Å²) < 4.78 is 19.2. The number of ether oxygens (including phenoxy) is 1. The summed E-state index contributed by atoms with van der Waals surface area (Å²) in [6, 6.07) is 1.24. The van der Waals surface area contributed by atoms with Crippen LogP contribution in [0.15, 0.2) is 18.5 Å². The van der Waals surface area contributed by atoms with E-state index in [-0.39, 0.29) is 11.9 Å². The first-order valence-corrected chi connectivity index (χ1v) is 5.70. The molecule has 1 aromatic rings. The molecule has 0 saturated heterocycles. The van der Waals surface area contributed by atoms with Crippen molar-refractivity contribution < 1.29 is 9.13 Å². The van der Waals surface area contributed by atoms with E-state index in [0.717, 1.165) is 12.8 Å². The van der Waals surface area contributed by atoms with Gasteiger partial charge in [0.25, 0.3) is 0 Å². The van der Waals surface area contributed by atoms with Crippen molar-refractivity contribution >= 4 is 0 Å². The van der Waals surface area contributed by atoms with Gasteiger partial charge in [-0.3, -0.25) is 4.98 Å². The average molecular weight is 224 g/mol. The van der Waals surface area contributed by atoms with E-state index in [2.05, 4.69) is 4.98 Å². The number of hydrogen-bond acceptors (Lipinski definition) is 3. The molecule has 1 fully saturated rings. The fraction of sp³-hybridized carbons (Fsp3) is 0.583. The summed E-state index contributed by atoms with van der Waals surface area (Å²) in [6.07, 6.45) is 4.96. The van der Waals surface area contributed by atoms with Crippen LogP contribution in [0.5, 0.6) is 0 Å². The summed E-state index contributed by atoms with van der Waals surface area (Å²) in [6.45, 7) is 2.55. The number of aromatic nitrogens is 1. The van der Waals surface area contributed by atoms with Crippen LogP contribution in [0, 0.1) is 11.7 Å². The normalized spacial score (nSPS) is 19.4. The minimum Gasteiger partial charge on any atom is -0.376 e. The first-order valence-electron chi connectivity index (χ1n) is 5.70. The molecule has 1 aliphatic carbocycles. The standard InChI is InChI=1S/C12H17FN2O/c1-2-16-12(8-3-4-8)11(14)9-5-6-15-7-10(9)13/h5-8,11-12H,2-4,14H2,1H3. The fourth-order valence-electron chi connectivity index (χ4n) is 1.98. The van der Waals surface area contributed by atoms with E-state index >= 15 is 0 Å². The van der Waals surface area contributed by atoms with E-state index in [9.17, 15) is 4.39 Å². The van der Waals surface area contributed by atoms with Gasteiger partial charge < -0.3 is 10.5 Å². The molecule has 88 valence electrons. The number of pyridine rings is 1. The Morgan fingerprint density at radius 3 is 2.94 bits per heavy atom. The monoisotopic (exact) mass is 224 g/mol. The van der Waals surface area contributed by atoms with Crippen LogP contribution in [0.4, 0.5) is 4.39 Å². The Hall–Kier alpha value is -1.00. The first-order chi connectivity index (χ1) is 7.74. The lowest BCUT2D eigenvalue weighted by Crippen LogP contribution is -2.31. The number of nitrogens with zero attached hydrogens (tertiary/aromatic N) is 1. The molecule has 3 nitrogen and oxygen atoms in total. The lowest BCUT2D eigenvalue weighted by molar-refractivity contribution is 0.0275. The minimum atomic E-state index is -0.393. The van der Waals surface area contributed by atoms with Crippen LogP contribution in [0.3, 0.4) is 0 Å². The van der Waals surface area contributed by atoms with E-state index in [1.807, 2.05) is 6.92 Å². The summed E-state index contributed by atoms with van der Waals surface area (Å²) in [5, 5.41) is 0. The minimum absolute atomic E-state index is 0.0677. The zero-order chi connectivity index (χ0) is 11.5. The largest absolute Gasteiger partial charge is 0.376 e. The molecule has 2 unspecified atom stereocenters. The van der Waals surface area contributed by atoms with Crippen molar-refractivity contribution in [2.45, 2.75) is 31.9 Å². The van der Waals surface area contributed by atoms with Crippen LogP contribution in [0.25, 0.3) is 0 Å². The van der Waals surface area contributed by atoms with Gasteiger partial charge in [0.2, 0.25) is 0 Å². The van der Waals surface area contributed by atoms with Gasteiger partial charge in [0.15, 0.2) is 0 Å². The predicted molar refractivity (Wildman–Crippen MR) is 59.3 cm³/mol. The van der Waals surface area contributed by atoms with Crippen molar-refractivity contribution in [1.29, 1.82) is 0 Å². The fourth-order valence-corrected chi connectivity index (χ4v) is 1.98. The maximum Gasteiger partial charge on any atom is 0.146 e. The van der Waals surface area contributed by atoms with Crippen molar-refractivity contribution in [3.8, 4) is 0 Å². The molecule has 1 heterocycles. The molecule has 0 radical (unpaired) electrons. The summed E-state index contributed by atoms with van der Waals surface area (Å²) in [4.78, 5) is 3.72. The van der Waals surface area contributed by atoms with Crippen LogP contribution in [-0.4, -0.2) is 17.7 Å². The smallest absolute Gasteiger partial charge is 0.146 e. The van der Waals surface area contributed by atoms with Crippen LogP contribution >= 0.6 is 0 Å². The zero-order valence-corrected chi connectivity index (χ0v) is 9.40. The third-order valence-corrected chi connectivity index (χ3v) is 2.96. The maximum absolute atomic E-state index is 13.5. The van der Waals surface area contributed by atoms with Crippen LogP contribution in [0.1, 0.15) is 31.4 Å². The van der Waals surface area contributed by atoms with Gasteiger partial charge in [-0.2, -0.15) is 0 Å². The molecular weight excluding hydrogens is 207 g/mol. The van der Waals surface area contributed by atoms with E-state index in [1.54, 1.807) is 12.3 Å². The number of hydrogen-bond donors (Lipinski definition) is 1. The van der Waals surface area contributed by atoms with E-state index in [1.165, 1.54) is 6.20 Å². The third kappa shape index (κ3) is 2.39. The molecular formula is C12H17FN2O.